The van der Waals surface area contributed by atoms with E-state index in [1.807, 2.05) is 6.07 Å². The summed E-state index contributed by atoms with van der Waals surface area (Å²) in [7, 11) is 1.25. The van der Waals surface area contributed by atoms with Crippen molar-refractivity contribution in [2.24, 2.45) is 0 Å². The van der Waals surface area contributed by atoms with Crippen molar-refractivity contribution in [3.8, 4) is 0 Å². The van der Waals surface area contributed by atoms with Crippen LogP contribution in [0.2, 0.25) is 0 Å². The first kappa shape index (κ1) is 21.9. The first-order valence-electron chi connectivity index (χ1n) is 9.76. The minimum Gasteiger partial charge on any atom is -0.467 e. The molecule has 1 N–H and O–H groups in total. The van der Waals surface area contributed by atoms with Crippen molar-refractivity contribution in [2.45, 2.75) is 18.9 Å². The molecule has 0 saturated carbocycles. The average molecular weight is 419 g/mol. The minimum atomic E-state index is -0.881. The summed E-state index contributed by atoms with van der Waals surface area (Å²) in [6.45, 7) is 0. The van der Waals surface area contributed by atoms with Crippen LogP contribution in [0.25, 0.3) is 0 Å². The fourth-order valence-electron chi connectivity index (χ4n) is 3.15. The van der Waals surface area contributed by atoms with Gasteiger partial charge in [-0.3, -0.25) is 9.59 Å². The van der Waals surface area contributed by atoms with Gasteiger partial charge in [0.15, 0.2) is 5.78 Å². The lowest BCUT2D eigenvalue weighted by Gasteiger charge is -2.17. The summed E-state index contributed by atoms with van der Waals surface area (Å²) in [5, 5.41) is 2.67. The highest BCUT2D eigenvalue weighted by Crippen LogP contribution is 2.13. The van der Waals surface area contributed by atoms with Gasteiger partial charge in [0.1, 0.15) is 11.9 Å². The van der Waals surface area contributed by atoms with Gasteiger partial charge < -0.3 is 10.1 Å². The zero-order valence-electron chi connectivity index (χ0n) is 17.0. The number of esters is 1. The maximum Gasteiger partial charge on any atom is 0.328 e. The molecule has 6 heteroatoms. The van der Waals surface area contributed by atoms with Gasteiger partial charge in [0.25, 0.3) is 0 Å². The Balaban J connectivity index is 1.66. The van der Waals surface area contributed by atoms with Gasteiger partial charge >= 0.3 is 5.97 Å². The number of ether oxygens (including phenoxy) is 1. The number of rotatable bonds is 8. The van der Waals surface area contributed by atoms with Gasteiger partial charge in [0.05, 0.1) is 13.5 Å². The molecule has 5 nitrogen and oxygen atoms in total. The van der Waals surface area contributed by atoms with Crippen molar-refractivity contribution in [3.05, 3.63) is 107 Å². The average Bonchev–Trinajstić information content (AvgIpc) is 2.80. The molecule has 0 radical (unpaired) electrons. The molecule has 1 atom stereocenters. The molecule has 0 aromatic heterocycles. The summed E-state index contributed by atoms with van der Waals surface area (Å²) in [5.74, 6) is -1.43. The Bertz CT molecular complexity index is 1050. The van der Waals surface area contributed by atoms with Gasteiger partial charge in [-0.15, -0.1) is 0 Å². The Kier molecular flexibility index (Phi) is 7.27. The molecule has 0 aliphatic carbocycles. The summed E-state index contributed by atoms with van der Waals surface area (Å²) in [6.07, 6.45) is 0.222. The highest BCUT2D eigenvalue weighted by atomic mass is 19.1. The second-order valence-corrected chi connectivity index (χ2v) is 7.04. The van der Waals surface area contributed by atoms with Crippen LogP contribution in [0.3, 0.4) is 0 Å². The summed E-state index contributed by atoms with van der Waals surface area (Å²) in [5.41, 5.74) is 2.52. The molecular formula is C25H22FNO4. The van der Waals surface area contributed by atoms with Crippen molar-refractivity contribution in [1.29, 1.82) is 0 Å². The summed E-state index contributed by atoms with van der Waals surface area (Å²) in [6, 6.07) is 20.5. The highest BCUT2D eigenvalue weighted by Gasteiger charge is 2.22. The molecule has 0 saturated heterocycles. The third-order valence-electron chi connectivity index (χ3n) is 4.79. The number of ketones is 1. The van der Waals surface area contributed by atoms with Crippen LogP contribution in [-0.4, -0.2) is 30.8 Å². The number of halogens is 1. The molecule has 0 fully saturated rings. The van der Waals surface area contributed by atoms with Crippen molar-refractivity contribution in [1.82, 2.24) is 5.32 Å². The van der Waals surface area contributed by atoms with Gasteiger partial charge in [0.2, 0.25) is 5.91 Å². The van der Waals surface area contributed by atoms with E-state index in [2.05, 4.69) is 5.32 Å². The lowest BCUT2D eigenvalue weighted by Crippen LogP contribution is -2.43. The summed E-state index contributed by atoms with van der Waals surface area (Å²) < 4.78 is 17.8. The van der Waals surface area contributed by atoms with Gasteiger partial charge in [-0.25, -0.2) is 9.18 Å². The number of amides is 1. The Morgan fingerprint density at radius 3 is 2.03 bits per heavy atom. The Hall–Kier alpha value is -3.80. The smallest absolute Gasteiger partial charge is 0.328 e. The number of carbonyl (C=O) groups is 3. The monoisotopic (exact) mass is 419 g/mol. The Morgan fingerprint density at radius 2 is 1.42 bits per heavy atom. The van der Waals surface area contributed by atoms with Gasteiger partial charge in [-0.05, 0) is 23.3 Å². The van der Waals surface area contributed by atoms with Crippen LogP contribution in [0.15, 0.2) is 78.9 Å². The van der Waals surface area contributed by atoms with Gasteiger partial charge in [-0.1, -0.05) is 66.7 Å². The fourth-order valence-corrected chi connectivity index (χ4v) is 3.15. The second kappa shape index (κ2) is 10.3. The molecule has 3 rings (SSSR count). The van der Waals surface area contributed by atoms with E-state index < -0.39 is 12.0 Å². The molecule has 31 heavy (non-hydrogen) atoms. The normalized spacial score (nSPS) is 11.4. The molecule has 3 aromatic rings. The van der Waals surface area contributed by atoms with Crippen LogP contribution in [-0.2, 0) is 27.2 Å². The lowest BCUT2D eigenvalue weighted by molar-refractivity contribution is -0.145. The van der Waals surface area contributed by atoms with Crippen LogP contribution in [0.4, 0.5) is 4.39 Å². The SMILES string of the molecule is COC(=O)[C@@H](Cc1ccc(C(=O)c2ccccc2)cc1)NC(=O)Cc1ccc(F)cc1. The minimum absolute atomic E-state index is 0.0122. The summed E-state index contributed by atoms with van der Waals surface area (Å²) >= 11 is 0. The highest BCUT2D eigenvalue weighted by molar-refractivity contribution is 6.08. The molecule has 158 valence electrons. The van der Waals surface area contributed by atoms with Crippen LogP contribution in [0, 0.1) is 5.82 Å². The van der Waals surface area contributed by atoms with E-state index in [0.717, 1.165) is 5.56 Å². The van der Waals surface area contributed by atoms with E-state index in [0.29, 0.717) is 16.7 Å². The molecule has 0 heterocycles. The number of benzene rings is 3. The molecule has 1 amide bonds. The zero-order chi connectivity index (χ0) is 22.2. The number of hydrogen-bond donors (Lipinski definition) is 1. The first-order chi connectivity index (χ1) is 15.0. The lowest BCUT2D eigenvalue weighted by atomic mass is 9.99. The number of hydrogen-bond acceptors (Lipinski definition) is 4. The molecule has 0 unspecified atom stereocenters. The van der Waals surface area contributed by atoms with Gasteiger partial charge in [0, 0.05) is 17.5 Å². The van der Waals surface area contributed by atoms with Crippen molar-refractivity contribution >= 4 is 17.7 Å². The maximum absolute atomic E-state index is 13.0. The van der Waals surface area contributed by atoms with E-state index >= 15 is 0 Å². The standard InChI is InChI=1S/C25H22FNO4/c1-31-25(30)22(27-23(28)16-18-9-13-21(26)14-10-18)15-17-7-11-20(12-8-17)24(29)19-5-3-2-4-6-19/h2-14,22H,15-16H2,1H3,(H,27,28)/t22-/m1/s1. The van der Waals surface area contributed by atoms with E-state index in [9.17, 15) is 18.8 Å². The van der Waals surface area contributed by atoms with E-state index in [1.54, 1.807) is 48.5 Å². The molecule has 3 aromatic carbocycles. The number of methoxy groups -OCH3 is 1. The molecular weight excluding hydrogens is 397 g/mol. The van der Waals surface area contributed by atoms with Crippen LogP contribution >= 0.6 is 0 Å². The second-order valence-electron chi connectivity index (χ2n) is 7.04. The third-order valence-corrected chi connectivity index (χ3v) is 4.79. The van der Waals surface area contributed by atoms with E-state index in [4.69, 9.17) is 4.74 Å². The predicted molar refractivity (Wildman–Crippen MR) is 114 cm³/mol. The van der Waals surface area contributed by atoms with E-state index in [1.165, 1.54) is 31.4 Å². The number of nitrogens with one attached hydrogen (secondary N) is 1. The predicted octanol–water partition coefficient (Wildman–Crippen LogP) is 3.50. The van der Waals surface area contributed by atoms with Crippen molar-refractivity contribution in [2.75, 3.05) is 7.11 Å². The Morgan fingerprint density at radius 1 is 0.839 bits per heavy atom. The van der Waals surface area contributed by atoms with Crippen LogP contribution in [0.5, 0.6) is 0 Å². The van der Waals surface area contributed by atoms with E-state index in [-0.39, 0.29) is 30.3 Å². The fraction of sp³-hybridized carbons (Fsp3) is 0.160. The van der Waals surface area contributed by atoms with Crippen LogP contribution < -0.4 is 5.32 Å². The molecule has 0 bridgehead atoms. The molecule has 0 aliphatic rings. The first-order valence-corrected chi connectivity index (χ1v) is 9.76. The van der Waals surface area contributed by atoms with Crippen LogP contribution in [0.1, 0.15) is 27.0 Å². The van der Waals surface area contributed by atoms with Gasteiger partial charge in [-0.2, -0.15) is 0 Å². The zero-order valence-corrected chi connectivity index (χ0v) is 17.0. The largest absolute Gasteiger partial charge is 0.467 e. The quantitative estimate of drug-likeness (QED) is 0.448. The number of carbonyl (C=O) groups excluding carboxylic acids is 3. The van der Waals surface area contributed by atoms with Crippen molar-refractivity contribution in [3.63, 3.8) is 0 Å². The Labute approximate surface area is 179 Å². The molecule has 0 spiro atoms. The van der Waals surface area contributed by atoms with Crippen molar-refractivity contribution < 1.29 is 23.5 Å². The molecule has 0 aliphatic heterocycles. The summed E-state index contributed by atoms with van der Waals surface area (Å²) in [4.78, 5) is 37.0. The topological polar surface area (TPSA) is 72.5 Å². The third kappa shape index (κ3) is 6.09. The maximum atomic E-state index is 13.0.